The Kier molecular flexibility index (Phi) is 5.84. The minimum Gasteiger partial charge on any atom is -0.494 e. The summed E-state index contributed by atoms with van der Waals surface area (Å²) in [6.45, 7) is 1.73. The Morgan fingerprint density at radius 2 is 2.00 bits per heavy atom. The summed E-state index contributed by atoms with van der Waals surface area (Å²) in [6.07, 6.45) is 2.14. The molecule has 1 aromatic rings. The summed E-state index contributed by atoms with van der Waals surface area (Å²) in [5, 5.41) is 4.18. The molecule has 0 heterocycles. The van der Waals surface area contributed by atoms with Gasteiger partial charge in [0.1, 0.15) is 5.75 Å². The van der Waals surface area contributed by atoms with E-state index in [0.717, 1.165) is 25.1 Å². The minimum absolute atomic E-state index is 0.532. The van der Waals surface area contributed by atoms with E-state index in [9.17, 15) is 0 Å². The van der Waals surface area contributed by atoms with Gasteiger partial charge in [0.05, 0.1) is 16.7 Å². The summed E-state index contributed by atoms with van der Waals surface area (Å²) in [5.74, 6) is 0.772. The number of benzene rings is 1. The SMILES string of the molecule is CNCCCCOc1ccc(Cl)c(Cl)c1. The van der Waals surface area contributed by atoms with Gasteiger partial charge in [0, 0.05) is 6.07 Å². The van der Waals surface area contributed by atoms with Gasteiger partial charge in [0.15, 0.2) is 0 Å². The van der Waals surface area contributed by atoms with E-state index in [1.807, 2.05) is 13.1 Å². The number of hydrogen-bond acceptors (Lipinski definition) is 2. The molecule has 0 aliphatic carbocycles. The summed E-state index contributed by atoms with van der Waals surface area (Å²) >= 11 is 11.6. The molecule has 0 aliphatic heterocycles. The van der Waals surface area contributed by atoms with Crippen LogP contribution in [0.2, 0.25) is 10.0 Å². The van der Waals surface area contributed by atoms with Crippen molar-refractivity contribution >= 4 is 23.2 Å². The van der Waals surface area contributed by atoms with Crippen molar-refractivity contribution in [1.29, 1.82) is 0 Å². The molecule has 0 aliphatic rings. The van der Waals surface area contributed by atoms with E-state index in [1.54, 1.807) is 12.1 Å². The number of halogens is 2. The largest absolute Gasteiger partial charge is 0.494 e. The number of unbranched alkanes of at least 4 members (excludes halogenated alkanes) is 1. The molecule has 0 atom stereocenters. The highest BCUT2D eigenvalue weighted by molar-refractivity contribution is 6.42. The topological polar surface area (TPSA) is 21.3 Å². The number of nitrogens with one attached hydrogen (secondary N) is 1. The molecule has 1 N–H and O–H groups in total. The summed E-state index contributed by atoms with van der Waals surface area (Å²) < 4.78 is 5.52. The maximum Gasteiger partial charge on any atom is 0.120 e. The monoisotopic (exact) mass is 247 g/mol. The van der Waals surface area contributed by atoms with Crippen molar-refractivity contribution in [2.75, 3.05) is 20.2 Å². The van der Waals surface area contributed by atoms with E-state index >= 15 is 0 Å². The van der Waals surface area contributed by atoms with Gasteiger partial charge in [-0.25, -0.2) is 0 Å². The quantitative estimate of drug-likeness (QED) is 0.779. The molecule has 4 heteroatoms. The lowest BCUT2D eigenvalue weighted by Crippen LogP contribution is -2.09. The molecule has 84 valence electrons. The van der Waals surface area contributed by atoms with Gasteiger partial charge in [-0.05, 0) is 38.6 Å². The first-order valence-electron chi connectivity index (χ1n) is 4.96. The van der Waals surface area contributed by atoms with Crippen molar-refractivity contribution in [3.05, 3.63) is 28.2 Å². The van der Waals surface area contributed by atoms with E-state index < -0.39 is 0 Å². The molecule has 0 saturated heterocycles. The minimum atomic E-state index is 0.532. The van der Waals surface area contributed by atoms with Crippen molar-refractivity contribution in [2.24, 2.45) is 0 Å². The zero-order valence-electron chi connectivity index (χ0n) is 8.72. The second-order valence-electron chi connectivity index (χ2n) is 3.24. The second kappa shape index (κ2) is 6.94. The van der Waals surface area contributed by atoms with E-state index in [-0.39, 0.29) is 0 Å². The fourth-order valence-corrected chi connectivity index (χ4v) is 1.45. The van der Waals surface area contributed by atoms with Gasteiger partial charge in [-0.3, -0.25) is 0 Å². The first-order chi connectivity index (χ1) is 7.24. The van der Waals surface area contributed by atoms with Crippen LogP contribution in [0.5, 0.6) is 5.75 Å². The van der Waals surface area contributed by atoms with Crippen LogP contribution in [0, 0.1) is 0 Å². The van der Waals surface area contributed by atoms with Crippen LogP contribution in [-0.2, 0) is 0 Å². The molecule has 1 aromatic carbocycles. The van der Waals surface area contributed by atoms with Gasteiger partial charge >= 0.3 is 0 Å². The predicted octanol–water partition coefficient (Wildman–Crippen LogP) is 3.37. The van der Waals surface area contributed by atoms with E-state index in [1.165, 1.54) is 0 Å². The van der Waals surface area contributed by atoms with Crippen molar-refractivity contribution in [3.8, 4) is 5.75 Å². The van der Waals surface area contributed by atoms with Gasteiger partial charge in [0.25, 0.3) is 0 Å². The van der Waals surface area contributed by atoms with Crippen LogP contribution >= 0.6 is 23.2 Å². The summed E-state index contributed by atoms with van der Waals surface area (Å²) in [4.78, 5) is 0. The third-order valence-electron chi connectivity index (χ3n) is 1.98. The van der Waals surface area contributed by atoms with Crippen molar-refractivity contribution in [3.63, 3.8) is 0 Å². The third kappa shape index (κ3) is 4.74. The molecule has 0 radical (unpaired) electrons. The van der Waals surface area contributed by atoms with Crippen molar-refractivity contribution in [1.82, 2.24) is 5.32 Å². The van der Waals surface area contributed by atoms with Crippen LogP contribution < -0.4 is 10.1 Å². The maximum absolute atomic E-state index is 5.85. The predicted molar refractivity (Wildman–Crippen MR) is 65.1 cm³/mol. The van der Waals surface area contributed by atoms with Crippen LogP contribution in [0.1, 0.15) is 12.8 Å². The molecule has 0 unspecified atom stereocenters. The number of rotatable bonds is 6. The molecular formula is C11H15Cl2NO. The molecule has 1 rings (SSSR count). The number of ether oxygens (including phenoxy) is 1. The Bertz CT molecular complexity index is 305. The van der Waals surface area contributed by atoms with Crippen LogP contribution in [0.25, 0.3) is 0 Å². The zero-order valence-corrected chi connectivity index (χ0v) is 10.2. The standard InChI is InChI=1S/C11H15Cl2NO/c1-14-6-2-3-7-15-9-4-5-10(12)11(13)8-9/h4-5,8,14H,2-3,6-7H2,1H3. The van der Waals surface area contributed by atoms with Gasteiger partial charge in [0.2, 0.25) is 0 Å². The molecule has 0 amide bonds. The first kappa shape index (κ1) is 12.6. The summed E-state index contributed by atoms with van der Waals surface area (Å²) in [7, 11) is 1.94. The Hall–Kier alpha value is -0.440. The molecule has 0 bridgehead atoms. The lowest BCUT2D eigenvalue weighted by molar-refractivity contribution is 0.306. The third-order valence-corrected chi connectivity index (χ3v) is 2.72. The Morgan fingerprint density at radius 1 is 1.20 bits per heavy atom. The van der Waals surface area contributed by atoms with Crippen molar-refractivity contribution in [2.45, 2.75) is 12.8 Å². The van der Waals surface area contributed by atoms with Crippen LogP contribution in [0.15, 0.2) is 18.2 Å². The van der Waals surface area contributed by atoms with Crippen LogP contribution in [0.4, 0.5) is 0 Å². The Balaban J connectivity index is 2.28. The second-order valence-corrected chi connectivity index (χ2v) is 4.05. The molecule has 0 aromatic heterocycles. The van der Waals surface area contributed by atoms with Crippen molar-refractivity contribution < 1.29 is 4.74 Å². The molecule has 15 heavy (non-hydrogen) atoms. The maximum atomic E-state index is 5.85. The average molecular weight is 248 g/mol. The first-order valence-corrected chi connectivity index (χ1v) is 5.72. The molecule has 0 fully saturated rings. The lowest BCUT2D eigenvalue weighted by Gasteiger charge is -2.06. The van der Waals surface area contributed by atoms with Gasteiger partial charge in [-0.15, -0.1) is 0 Å². The fraction of sp³-hybridized carbons (Fsp3) is 0.455. The lowest BCUT2D eigenvalue weighted by atomic mass is 10.3. The highest BCUT2D eigenvalue weighted by atomic mass is 35.5. The van der Waals surface area contributed by atoms with E-state index in [4.69, 9.17) is 27.9 Å². The van der Waals surface area contributed by atoms with Crippen LogP contribution in [-0.4, -0.2) is 20.2 Å². The van der Waals surface area contributed by atoms with Gasteiger partial charge < -0.3 is 10.1 Å². The van der Waals surface area contributed by atoms with E-state index in [2.05, 4.69) is 5.32 Å². The van der Waals surface area contributed by atoms with E-state index in [0.29, 0.717) is 16.7 Å². The zero-order chi connectivity index (χ0) is 11.1. The molecular weight excluding hydrogens is 233 g/mol. The normalized spacial score (nSPS) is 10.3. The molecule has 0 spiro atoms. The highest BCUT2D eigenvalue weighted by Crippen LogP contribution is 2.26. The smallest absolute Gasteiger partial charge is 0.120 e. The fourth-order valence-electron chi connectivity index (χ4n) is 1.16. The summed E-state index contributed by atoms with van der Waals surface area (Å²) in [6, 6.07) is 5.31. The molecule has 0 saturated carbocycles. The highest BCUT2D eigenvalue weighted by Gasteiger charge is 1.99. The van der Waals surface area contributed by atoms with Gasteiger partial charge in [-0.1, -0.05) is 23.2 Å². The average Bonchev–Trinajstić information content (AvgIpc) is 2.23. The Labute approximate surface area is 101 Å². The van der Waals surface area contributed by atoms with Gasteiger partial charge in [-0.2, -0.15) is 0 Å². The molecule has 2 nitrogen and oxygen atoms in total. The summed E-state index contributed by atoms with van der Waals surface area (Å²) in [5.41, 5.74) is 0. The number of hydrogen-bond donors (Lipinski definition) is 1. The van der Waals surface area contributed by atoms with Crippen LogP contribution in [0.3, 0.4) is 0 Å². The Morgan fingerprint density at radius 3 is 2.67 bits per heavy atom.